The van der Waals surface area contributed by atoms with Gasteiger partial charge >= 0.3 is 0 Å². The number of nitrogens with one attached hydrogen (secondary N) is 1. The molecule has 21 heavy (non-hydrogen) atoms. The highest BCUT2D eigenvalue weighted by Gasteiger charge is 2.30. The first-order chi connectivity index (χ1) is 10.0. The minimum Gasteiger partial charge on any atom is -0.317 e. The standard InChI is InChI=1S/C16H23F3N2/c1-3-20-10-11-6-4-5-7-21(2)16(11)12-8-13(17)15(19)14(18)9-12/h8-9,11,16,20H,3-7,10H2,1-2H3. The lowest BCUT2D eigenvalue weighted by Gasteiger charge is -2.33. The van der Waals surface area contributed by atoms with Gasteiger partial charge in [-0.25, -0.2) is 13.2 Å². The van der Waals surface area contributed by atoms with Crippen molar-refractivity contribution in [2.75, 3.05) is 26.7 Å². The van der Waals surface area contributed by atoms with E-state index in [1.807, 2.05) is 14.0 Å². The van der Waals surface area contributed by atoms with Gasteiger partial charge in [-0.1, -0.05) is 13.3 Å². The van der Waals surface area contributed by atoms with E-state index in [2.05, 4.69) is 10.2 Å². The largest absolute Gasteiger partial charge is 0.317 e. The summed E-state index contributed by atoms with van der Waals surface area (Å²) in [5.41, 5.74) is 0.527. The molecule has 118 valence electrons. The first-order valence-electron chi connectivity index (χ1n) is 7.60. The van der Waals surface area contributed by atoms with Gasteiger partial charge in [0.25, 0.3) is 0 Å². The maximum absolute atomic E-state index is 13.6. The van der Waals surface area contributed by atoms with Crippen LogP contribution < -0.4 is 5.32 Å². The Morgan fingerprint density at radius 2 is 1.86 bits per heavy atom. The molecule has 1 fully saturated rings. The number of rotatable bonds is 4. The van der Waals surface area contributed by atoms with E-state index in [0.29, 0.717) is 5.56 Å². The van der Waals surface area contributed by atoms with Crippen LogP contribution >= 0.6 is 0 Å². The molecule has 1 aliphatic heterocycles. The number of halogens is 3. The molecule has 1 aromatic carbocycles. The smallest absolute Gasteiger partial charge is 0.194 e. The van der Waals surface area contributed by atoms with Gasteiger partial charge in [0.1, 0.15) is 0 Å². The van der Waals surface area contributed by atoms with Gasteiger partial charge in [0.15, 0.2) is 17.5 Å². The molecule has 0 spiro atoms. The lowest BCUT2D eigenvalue weighted by atomic mass is 9.89. The van der Waals surface area contributed by atoms with Gasteiger partial charge in [-0.2, -0.15) is 0 Å². The third-order valence-corrected chi connectivity index (χ3v) is 4.26. The van der Waals surface area contributed by atoms with Crippen molar-refractivity contribution < 1.29 is 13.2 Å². The molecule has 1 aromatic rings. The van der Waals surface area contributed by atoms with Crippen LogP contribution in [0, 0.1) is 23.4 Å². The average molecular weight is 300 g/mol. The minimum atomic E-state index is -1.39. The molecule has 0 amide bonds. The Morgan fingerprint density at radius 1 is 1.19 bits per heavy atom. The first kappa shape index (κ1) is 16.3. The Morgan fingerprint density at radius 3 is 2.48 bits per heavy atom. The second kappa shape index (κ2) is 7.27. The predicted octanol–water partition coefficient (Wildman–Crippen LogP) is 3.49. The van der Waals surface area contributed by atoms with Crippen molar-refractivity contribution in [1.82, 2.24) is 10.2 Å². The third kappa shape index (κ3) is 3.77. The maximum atomic E-state index is 13.6. The van der Waals surface area contributed by atoms with Crippen LogP contribution in [-0.2, 0) is 0 Å². The lowest BCUT2D eigenvalue weighted by Crippen LogP contribution is -2.35. The van der Waals surface area contributed by atoms with Gasteiger partial charge in [-0.3, -0.25) is 4.90 Å². The van der Waals surface area contributed by atoms with Crippen LogP contribution in [0.15, 0.2) is 12.1 Å². The average Bonchev–Trinajstić information content (AvgIpc) is 2.63. The van der Waals surface area contributed by atoms with E-state index >= 15 is 0 Å². The molecule has 2 atom stereocenters. The van der Waals surface area contributed by atoms with Crippen molar-refractivity contribution in [3.8, 4) is 0 Å². The summed E-state index contributed by atoms with van der Waals surface area (Å²) < 4.78 is 40.3. The molecular formula is C16H23F3N2. The lowest BCUT2D eigenvalue weighted by molar-refractivity contribution is 0.188. The molecule has 1 N–H and O–H groups in total. The minimum absolute atomic E-state index is 0.0869. The Labute approximate surface area is 124 Å². The van der Waals surface area contributed by atoms with Gasteiger partial charge in [-0.05, 0) is 63.1 Å². The third-order valence-electron chi connectivity index (χ3n) is 4.26. The van der Waals surface area contributed by atoms with E-state index in [-0.39, 0.29) is 12.0 Å². The molecule has 2 rings (SSSR count). The van der Waals surface area contributed by atoms with Gasteiger partial charge in [0.05, 0.1) is 0 Å². The molecule has 1 saturated heterocycles. The van der Waals surface area contributed by atoms with Crippen molar-refractivity contribution in [3.63, 3.8) is 0 Å². The number of likely N-dealkylation sites (tertiary alicyclic amines) is 1. The van der Waals surface area contributed by atoms with Crippen LogP contribution in [0.5, 0.6) is 0 Å². The number of nitrogens with zero attached hydrogens (tertiary/aromatic N) is 1. The van der Waals surface area contributed by atoms with Crippen molar-refractivity contribution in [2.45, 2.75) is 32.2 Å². The SMILES string of the molecule is CCNCC1CCCCN(C)C1c1cc(F)c(F)c(F)c1. The highest BCUT2D eigenvalue weighted by molar-refractivity contribution is 5.24. The number of hydrogen-bond acceptors (Lipinski definition) is 2. The van der Waals surface area contributed by atoms with Crippen LogP contribution in [-0.4, -0.2) is 31.6 Å². The summed E-state index contributed by atoms with van der Waals surface area (Å²) in [5, 5.41) is 3.32. The van der Waals surface area contributed by atoms with E-state index in [1.54, 1.807) is 0 Å². The second-order valence-electron chi connectivity index (χ2n) is 5.79. The fourth-order valence-corrected chi connectivity index (χ4v) is 3.24. The van der Waals surface area contributed by atoms with Gasteiger partial charge in [-0.15, -0.1) is 0 Å². The van der Waals surface area contributed by atoms with E-state index in [0.717, 1.165) is 51.0 Å². The van der Waals surface area contributed by atoms with Crippen molar-refractivity contribution >= 4 is 0 Å². The molecule has 2 unspecified atom stereocenters. The molecule has 0 aromatic heterocycles. The highest BCUT2D eigenvalue weighted by Crippen LogP contribution is 2.35. The Kier molecular flexibility index (Phi) is 5.65. The summed E-state index contributed by atoms with van der Waals surface area (Å²) in [4.78, 5) is 2.13. The van der Waals surface area contributed by atoms with Crippen LogP contribution in [0.2, 0.25) is 0 Å². The monoisotopic (exact) mass is 300 g/mol. The van der Waals surface area contributed by atoms with Crippen molar-refractivity contribution in [1.29, 1.82) is 0 Å². The summed E-state index contributed by atoms with van der Waals surface area (Å²) in [6.45, 7) is 4.58. The van der Waals surface area contributed by atoms with Crippen LogP contribution in [0.3, 0.4) is 0 Å². The molecule has 1 aliphatic rings. The van der Waals surface area contributed by atoms with Gasteiger partial charge in [0, 0.05) is 6.04 Å². The van der Waals surface area contributed by atoms with E-state index in [1.165, 1.54) is 0 Å². The topological polar surface area (TPSA) is 15.3 Å². The fraction of sp³-hybridized carbons (Fsp3) is 0.625. The van der Waals surface area contributed by atoms with Crippen LogP contribution in [0.4, 0.5) is 13.2 Å². The maximum Gasteiger partial charge on any atom is 0.194 e. The fourth-order valence-electron chi connectivity index (χ4n) is 3.24. The summed E-state index contributed by atoms with van der Waals surface area (Å²) in [6.07, 6.45) is 3.17. The number of hydrogen-bond donors (Lipinski definition) is 1. The Hall–Kier alpha value is -1.07. The van der Waals surface area contributed by atoms with Gasteiger partial charge in [0.2, 0.25) is 0 Å². The summed E-state index contributed by atoms with van der Waals surface area (Å²) >= 11 is 0. The molecule has 0 bridgehead atoms. The first-order valence-corrected chi connectivity index (χ1v) is 7.60. The van der Waals surface area contributed by atoms with Gasteiger partial charge < -0.3 is 5.32 Å². The molecule has 0 radical (unpaired) electrons. The Bertz CT molecular complexity index is 456. The van der Waals surface area contributed by atoms with E-state index in [4.69, 9.17) is 0 Å². The normalized spacial score (nSPS) is 24.0. The molecule has 0 aliphatic carbocycles. The summed E-state index contributed by atoms with van der Waals surface area (Å²) in [6, 6.07) is 2.20. The molecule has 2 nitrogen and oxygen atoms in total. The van der Waals surface area contributed by atoms with Crippen molar-refractivity contribution in [2.24, 2.45) is 5.92 Å². The summed E-state index contributed by atoms with van der Waals surface area (Å²) in [7, 11) is 1.97. The zero-order valence-corrected chi connectivity index (χ0v) is 12.6. The Balaban J connectivity index is 2.34. The highest BCUT2D eigenvalue weighted by atomic mass is 19.2. The van der Waals surface area contributed by atoms with Crippen LogP contribution in [0.25, 0.3) is 0 Å². The zero-order chi connectivity index (χ0) is 15.4. The van der Waals surface area contributed by atoms with E-state index in [9.17, 15) is 13.2 Å². The predicted molar refractivity (Wildman–Crippen MR) is 77.6 cm³/mol. The number of benzene rings is 1. The molecular weight excluding hydrogens is 277 g/mol. The molecule has 0 saturated carbocycles. The zero-order valence-electron chi connectivity index (χ0n) is 12.6. The van der Waals surface area contributed by atoms with Crippen LogP contribution in [0.1, 0.15) is 37.8 Å². The second-order valence-corrected chi connectivity index (χ2v) is 5.79. The quantitative estimate of drug-likeness (QED) is 0.856. The molecule has 1 heterocycles. The van der Waals surface area contributed by atoms with Crippen molar-refractivity contribution in [3.05, 3.63) is 35.1 Å². The molecule has 5 heteroatoms. The van der Waals surface area contributed by atoms with E-state index < -0.39 is 17.5 Å². The summed E-state index contributed by atoms with van der Waals surface area (Å²) in [5.74, 6) is -3.34.